The Morgan fingerprint density at radius 1 is 1.39 bits per heavy atom. The predicted molar refractivity (Wildman–Crippen MR) is 67.6 cm³/mol. The van der Waals surface area contributed by atoms with Crippen LogP contribution in [-0.4, -0.2) is 30.3 Å². The Bertz CT molecular complexity index is 456. The molecule has 2 aliphatic rings. The molecule has 1 aliphatic heterocycles. The summed E-state index contributed by atoms with van der Waals surface area (Å²) in [5, 5.41) is 10.0. The zero-order valence-corrected chi connectivity index (χ0v) is 10.2. The first-order chi connectivity index (χ1) is 8.75. The highest BCUT2D eigenvalue weighted by molar-refractivity contribution is 5.95. The topological polar surface area (TPSA) is 49.8 Å². The van der Waals surface area contributed by atoms with Crippen molar-refractivity contribution < 1.29 is 14.6 Å². The summed E-state index contributed by atoms with van der Waals surface area (Å²) in [6.45, 7) is 0.787. The van der Waals surface area contributed by atoms with Crippen molar-refractivity contribution in [1.29, 1.82) is 0 Å². The summed E-state index contributed by atoms with van der Waals surface area (Å²) >= 11 is 0. The van der Waals surface area contributed by atoms with Crippen LogP contribution in [0.15, 0.2) is 24.3 Å². The minimum absolute atomic E-state index is 0.0275. The van der Waals surface area contributed by atoms with Crippen molar-refractivity contribution in [1.82, 2.24) is 0 Å². The first-order valence-corrected chi connectivity index (χ1v) is 6.46. The van der Waals surface area contributed by atoms with Gasteiger partial charge in [-0.25, -0.2) is 0 Å². The quantitative estimate of drug-likeness (QED) is 0.882. The van der Waals surface area contributed by atoms with Crippen LogP contribution in [0.2, 0.25) is 0 Å². The number of aliphatic hydroxyl groups excluding tert-OH is 1. The molecule has 1 aromatic rings. The van der Waals surface area contributed by atoms with E-state index < -0.39 is 6.10 Å². The number of carbonyl (C=O) groups excluding carboxylic acids is 1. The Balaban J connectivity index is 1.86. The number of fused-ring (bicyclic) bond motifs is 1. The van der Waals surface area contributed by atoms with E-state index in [1.165, 1.54) is 0 Å². The van der Waals surface area contributed by atoms with Gasteiger partial charge in [-0.05, 0) is 30.9 Å². The van der Waals surface area contributed by atoms with Crippen LogP contribution in [0.1, 0.15) is 19.3 Å². The highest BCUT2D eigenvalue weighted by Crippen LogP contribution is 2.36. The molecule has 0 spiro atoms. The number of hydrogen-bond acceptors (Lipinski definition) is 3. The molecule has 1 amide bonds. The Morgan fingerprint density at radius 3 is 2.94 bits per heavy atom. The number of aliphatic hydroxyl groups is 1. The van der Waals surface area contributed by atoms with E-state index in [1.807, 2.05) is 24.3 Å². The van der Waals surface area contributed by atoms with Gasteiger partial charge in [-0.1, -0.05) is 12.1 Å². The maximum absolute atomic E-state index is 12.1. The van der Waals surface area contributed by atoms with E-state index >= 15 is 0 Å². The lowest BCUT2D eigenvalue weighted by Crippen LogP contribution is -2.38. The summed E-state index contributed by atoms with van der Waals surface area (Å²) in [6.07, 6.45) is 2.09. The van der Waals surface area contributed by atoms with Crippen molar-refractivity contribution in [3.8, 4) is 5.75 Å². The van der Waals surface area contributed by atoms with Crippen LogP contribution >= 0.6 is 0 Å². The van der Waals surface area contributed by atoms with E-state index in [0.29, 0.717) is 25.5 Å². The third kappa shape index (κ3) is 2.20. The van der Waals surface area contributed by atoms with Gasteiger partial charge in [-0.3, -0.25) is 4.79 Å². The number of carbonyl (C=O) groups is 1. The highest BCUT2D eigenvalue weighted by atomic mass is 16.5. The SMILES string of the molecule is O=C1CCOc2ccccc2N1CC(O)C1CC1. The molecule has 1 aromatic carbocycles. The zero-order chi connectivity index (χ0) is 12.5. The first-order valence-electron chi connectivity index (χ1n) is 6.46. The molecule has 4 nitrogen and oxygen atoms in total. The van der Waals surface area contributed by atoms with Gasteiger partial charge in [0.15, 0.2) is 0 Å². The summed E-state index contributed by atoms with van der Waals surface area (Å²) < 4.78 is 5.56. The predicted octanol–water partition coefficient (Wildman–Crippen LogP) is 1.57. The fraction of sp³-hybridized carbons (Fsp3) is 0.500. The number of hydrogen-bond donors (Lipinski definition) is 1. The van der Waals surface area contributed by atoms with Crippen LogP contribution in [0.5, 0.6) is 5.75 Å². The molecular formula is C14H17NO3. The summed E-state index contributed by atoms with van der Waals surface area (Å²) in [5.41, 5.74) is 0.778. The number of amides is 1. The van der Waals surface area contributed by atoms with Gasteiger partial charge in [0.1, 0.15) is 5.75 Å². The zero-order valence-electron chi connectivity index (χ0n) is 10.2. The van der Waals surface area contributed by atoms with Crippen molar-refractivity contribution in [3.63, 3.8) is 0 Å². The first kappa shape index (κ1) is 11.5. The van der Waals surface area contributed by atoms with Crippen LogP contribution in [0.3, 0.4) is 0 Å². The lowest BCUT2D eigenvalue weighted by molar-refractivity contribution is -0.119. The van der Waals surface area contributed by atoms with E-state index in [9.17, 15) is 9.90 Å². The van der Waals surface area contributed by atoms with E-state index in [1.54, 1.807) is 4.90 Å². The minimum atomic E-state index is -0.417. The van der Waals surface area contributed by atoms with Crippen LogP contribution in [0, 0.1) is 5.92 Å². The van der Waals surface area contributed by atoms with Gasteiger partial charge < -0.3 is 14.7 Å². The van der Waals surface area contributed by atoms with Gasteiger partial charge in [-0.2, -0.15) is 0 Å². The fourth-order valence-electron chi connectivity index (χ4n) is 2.34. The van der Waals surface area contributed by atoms with Gasteiger partial charge in [0.2, 0.25) is 5.91 Å². The molecule has 1 atom stereocenters. The van der Waals surface area contributed by atoms with E-state index in [2.05, 4.69) is 0 Å². The van der Waals surface area contributed by atoms with Crippen molar-refractivity contribution in [2.24, 2.45) is 5.92 Å². The summed E-state index contributed by atoms with van der Waals surface area (Å²) in [7, 11) is 0. The Hall–Kier alpha value is -1.55. The molecule has 1 aliphatic carbocycles. The maximum Gasteiger partial charge on any atom is 0.230 e. The van der Waals surface area contributed by atoms with E-state index in [0.717, 1.165) is 24.3 Å². The standard InChI is InChI=1S/C14H17NO3/c16-12(10-5-6-10)9-15-11-3-1-2-4-13(11)18-8-7-14(15)17/h1-4,10,12,16H,5-9H2. The normalized spacial score (nSPS) is 20.9. The van der Waals surface area contributed by atoms with E-state index in [4.69, 9.17) is 4.74 Å². The van der Waals surface area contributed by atoms with Crippen molar-refractivity contribution >= 4 is 11.6 Å². The lowest BCUT2D eigenvalue weighted by Gasteiger charge is -2.24. The largest absolute Gasteiger partial charge is 0.491 e. The van der Waals surface area contributed by atoms with Crippen molar-refractivity contribution in [3.05, 3.63) is 24.3 Å². The summed E-state index contributed by atoms with van der Waals surface area (Å²) in [6, 6.07) is 7.52. The molecule has 1 fully saturated rings. The molecule has 1 N–H and O–H groups in total. The van der Waals surface area contributed by atoms with Crippen LogP contribution < -0.4 is 9.64 Å². The number of benzene rings is 1. The van der Waals surface area contributed by atoms with Crippen molar-refractivity contribution in [2.75, 3.05) is 18.1 Å². The van der Waals surface area contributed by atoms with Gasteiger partial charge in [0.05, 0.1) is 31.4 Å². The molecule has 1 saturated carbocycles. The molecule has 0 bridgehead atoms. The summed E-state index contributed by atoms with van der Waals surface area (Å²) in [5.74, 6) is 1.13. The number of rotatable bonds is 3. The van der Waals surface area contributed by atoms with Gasteiger partial charge in [-0.15, -0.1) is 0 Å². The molecule has 1 heterocycles. The van der Waals surface area contributed by atoms with Crippen molar-refractivity contribution in [2.45, 2.75) is 25.4 Å². The van der Waals surface area contributed by atoms with Crippen LogP contribution in [0.4, 0.5) is 5.69 Å². The number of ether oxygens (including phenoxy) is 1. The van der Waals surface area contributed by atoms with Crippen LogP contribution in [0.25, 0.3) is 0 Å². The van der Waals surface area contributed by atoms with Gasteiger partial charge in [0, 0.05) is 0 Å². The van der Waals surface area contributed by atoms with E-state index in [-0.39, 0.29) is 5.91 Å². The minimum Gasteiger partial charge on any atom is -0.491 e. The molecular weight excluding hydrogens is 230 g/mol. The molecule has 4 heteroatoms. The molecule has 0 radical (unpaired) electrons. The molecule has 3 rings (SSSR count). The molecule has 0 aromatic heterocycles. The monoisotopic (exact) mass is 247 g/mol. The number of nitrogens with zero attached hydrogens (tertiary/aromatic N) is 1. The fourth-order valence-corrected chi connectivity index (χ4v) is 2.34. The smallest absolute Gasteiger partial charge is 0.230 e. The van der Waals surface area contributed by atoms with Crippen LogP contribution in [-0.2, 0) is 4.79 Å². The third-order valence-corrected chi connectivity index (χ3v) is 3.57. The molecule has 96 valence electrons. The second-order valence-corrected chi connectivity index (χ2v) is 4.98. The number of anilines is 1. The Morgan fingerprint density at radius 2 is 2.17 bits per heavy atom. The molecule has 0 saturated heterocycles. The Kier molecular flexibility index (Phi) is 2.96. The Labute approximate surface area is 106 Å². The highest BCUT2D eigenvalue weighted by Gasteiger charge is 2.33. The number of para-hydroxylation sites is 2. The lowest BCUT2D eigenvalue weighted by atomic mass is 10.2. The third-order valence-electron chi connectivity index (χ3n) is 3.57. The average Bonchev–Trinajstić information content (AvgIpc) is 3.20. The molecule has 1 unspecified atom stereocenters. The van der Waals surface area contributed by atoms with Gasteiger partial charge in [0.25, 0.3) is 0 Å². The molecule has 18 heavy (non-hydrogen) atoms. The number of β-amino-alcohol motifs (C(OH)–C–C–N with tert-alkyl or cyclic N) is 1. The summed E-state index contributed by atoms with van der Waals surface area (Å²) in [4.78, 5) is 13.8. The second-order valence-electron chi connectivity index (χ2n) is 4.98. The second kappa shape index (κ2) is 4.61. The maximum atomic E-state index is 12.1. The average molecular weight is 247 g/mol. The van der Waals surface area contributed by atoms with Gasteiger partial charge >= 0.3 is 0 Å².